The Bertz CT molecular complexity index is 1100. The fraction of sp³-hybridized carbons (Fsp3) is 0.182. The van der Waals surface area contributed by atoms with Gasteiger partial charge in [-0.15, -0.1) is 11.3 Å². The van der Waals surface area contributed by atoms with E-state index in [1.165, 1.54) is 0 Å². The molecule has 4 aromatic rings. The summed E-state index contributed by atoms with van der Waals surface area (Å²) >= 11 is 1.60. The predicted octanol–water partition coefficient (Wildman–Crippen LogP) is 4.81. The third kappa shape index (κ3) is 4.36. The summed E-state index contributed by atoms with van der Waals surface area (Å²) in [6.07, 6.45) is 0.860. The number of thiazole rings is 1. The molecule has 7 heteroatoms. The minimum atomic E-state index is -0.995. The Morgan fingerprint density at radius 1 is 1.03 bits per heavy atom. The number of anilines is 2. The summed E-state index contributed by atoms with van der Waals surface area (Å²) in [5, 5.41) is 16.4. The van der Waals surface area contributed by atoms with Gasteiger partial charge in [0.2, 0.25) is 0 Å². The minimum Gasteiger partial charge on any atom is -0.389 e. The number of aliphatic hydroxyl groups excluding tert-OH is 1. The summed E-state index contributed by atoms with van der Waals surface area (Å²) in [5.41, 5.74) is 4.97. The van der Waals surface area contributed by atoms with E-state index in [1.54, 1.807) is 11.3 Å². The first-order chi connectivity index (χ1) is 14.2. The number of alkyl halides is 1. The van der Waals surface area contributed by atoms with Gasteiger partial charge in [0.05, 0.1) is 16.3 Å². The van der Waals surface area contributed by atoms with Crippen LogP contribution in [-0.2, 0) is 0 Å². The molecule has 0 bridgehead atoms. The molecule has 0 aliphatic carbocycles. The SMILES string of the molecule is CNc1ccc(-c2ccc(-c3nc4ccc(NCC(O)CF)cc4s3)cc2)cn1. The lowest BCUT2D eigenvalue weighted by Crippen LogP contribution is -2.21. The molecule has 148 valence electrons. The fourth-order valence-corrected chi connectivity index (χ4v) is 3.98. The van der Waals surface area contributed by atoms with Gasteiger partial charge in [0.1, 0.15) is 17.5 Å². The normalized spacial score (nSPS) is 12.1. The lowest BCUT2D eigenvalue weighted by molar-refractivity contribution is 0.151. The van der Waals surface area contributed by atoms with Crippen LogP contribution in [0.15, 0.2) is 60.8 Å². The number of nitrogens with zero attached hydrogens (tertiary/aromatic N) is 2. The van der Waals surface area contributed by atoms with Crippen molar-refractivity contribution in [3.05, 3.63) is 60.8 Å². The fourth-order valence-electron chi connectivity index (χ4n) is 2.97. The molecule has 0 aliphatic rings. The van der Waals surface area contributed by atoms with Gasteiger partial charge in [0.15, 0.2) is 0 Å². The maximum absolute atomic E-state index is 12.4. The second kappa shape index (κ2) is 8.55. The zero-order valence-corrected chi connectivity index (χ0v) is 16.7. The van der Waals surface area contributed by atoms with Gasteiger partial charge in [-0.2, -0.15) is 0 Å². The van der Waals surface area contributed by atoms with Crippen molar-refractivity contribution in [3.63, 3.8) is 0 Å². The van der Waals surface area contributed by atoms with Crippen LogP contribution < -0.4 is 10.6 Å². The summed E-state index contributed by atoms with van der Waals surface area (Å²) in [7, 11) is 1.85. The third-order valence-corrected chi connectivity index (χ3v) is 5.66. The summed E-state index contributed by atoms with van der Waals surface area (Å²) in [6.45, 7) is -0.578. The molecule has 0 radical (unpaired) electrons. The van der Waals surface area contributed by atoms with Gasteiger partial charge in [0, 0.05) is 36.6 Å². The van der Waals surface area contributed by atoms with E-state index in [-0.39, 0.29) is 6.54 Å². The van der Waals surface area contributed by atoms with Gasteiger partial charge in [0.25, 0.3) is 0 Å². The van der Waals surface area contributed by atoms with Crippen LogP contribution in [-0.4, -0.2) is 41.4 Å². The quantitative estimate of drug-likeness (QED) is 0.409. The van der Waals surface area contributed by atoms with Gasteiger partial charge < -0.3 is 15.7 Å². The van der Waals surface area contributed by atoms with Crippen molar-refractivity contribution >= 4 is 33.1 Å². The summed E-state index contributed by atoms with van der Waals surface area (Å²) in [5.74, 6) is 0.841. The molecule has 0 saturated heterocycles. The van der Waals surface area contributed by atoms with Crippen LogP contribution in [0.1, 0.15) is 0 Å². The van der Waals surface area contributed by atoms with E-state index in [1.807, 2.05) is 43.6 Å². The molecule has 29 heavy (non-hydrogen) atoms. The molecule has 4 rings (SSSR count). The van der Waals surface area contributed by atoms with Crippen molar-refractivity contribution < 1.29 is 9.50 Å². The molecule has 2 aromatic heterocycles. The molecule has 5 nitrogen and oxygen atoms in total. The molecular weight excluding hydrogens is 387 g/mol. The summed E-state index contributed by atoms with van der Waals surface area (Å²) < 4.78 is 13.4. The van der Waals surface area contributed by atoms with E-state index < -0.39 is 12.8 Å². The van der Waals surface area contributed by atoms with E-state index in [4.69, 9.17) is 4.98 Å². The molecule has 2 aromatic carbocycles. The Kier molecular flexibility index (Phi) is 5.69. The number of aromatic nitrogens is 2. The standard InChI is InChI=1S/C22H21FN4OS/c1-24-21-9-6-16(12-26-21)14-2-4-15(5-3-14)22-27-19-8-7-17(10-20(19)29-22)25-13-18(28)11-23/h2-10,12,18,25,28H,11,13H2,1H3,(H,24,26). The Balaban J connectivity index is 1.54. The van der Waals surface area contributed by atoms with Crippen LogP contribution in [0.2, 0.25) is 0 Å². The number of rotatable bonds is 7. The first kappa shape index (κ1) is 19.3. The predicted molar refractivity (Wildman–Crippen MR) is 118 cm³/mol. The molecule has 2 heterocycles. The average Bonchev–Trinajstić information content (AvgIpc) is 3.21. The highest BCUT2D eigenvalue weighted by Gasteiger charge is 2.09. The molecule has 0 aliphatic heterocycles. The molecule has 0 amide bonds. The summed E-state index contributed by atoms with van der Waals surface area (Å²) in [6, 6.07) is 18.1. The largest absolute Gasteiger partial charge is 0.389 e. The number of hydrogen-bond acceptors (Lipinski definition) is 6. The second-order valence-electron chi connectivity index (χ2n) is 6.65. The molecule has 1 atom stereocenters. The lowest BCUT2D eigenvalue weighted by Gasteiger charge is -2.09. The number of aliphatic hydroxyl groups is 1. The molecule has 1 unspecified atom stereocenters. The maximum atomic E-state index is 12.4. The van der Waals surface area contributed by atoms with E-state index in [2.05, 4.69) is 39.9 Å². The zero-order chi connectivity index (χ0) is 20.2. The highest BCUT2D eigenvalue weighted by Crippen LogP contribution is 2.33. The van der Waals surface area contributed by atoms with Crippen LogP contribution in [0.3, 0.4) is 0 Å². The number of hydrogen-bond donors (Lipinski definition) is 3. The van der Waals surface area contributed by atoms with Crippen molar-refractivity contribution in [2.24, 2.45) is 0 Å². The lowest BCUT2D eigenvalue weighted by atomic mass is 10.1. The van der Waals surface area contributed by atoms with E-state index in [0.717, 1.165) is 43.4 Å². The third-order valence-electron chi connectivity index (χ3n) is 4.59. The molecule has 3 N–H and O–H groups in total. The Labute approximate surface area is 172 Å². The number of fused-ring (bicyclic) bond motifs is 1. The van der Waals surface area contributed by atoms with Crippen molar-refractivity contribution in [2.45, 2.75) is 6.10 Å². The summed E-state index contributed by atoms with van der Waals surface area (Å²) in [4.78, 5) is 9.08. The maximum Gasteiger partial charge on any atom is 0.125 e. The molecule has 0 saturated carbocycles. The van der Waals surface area contributed by atoms with Gasteiger partial charge in [-0.3, -0.25) is 0 Å². The zero-order valence-electron chi connectivity index (χ0n) is 15.9. The van der Waals surface area contributed by atoms with Gasteiger partial charge in [-0.25, -0.2) is 14.4 Å². The van der Waals surface area contributed by atoms with Crippen molar-refractivity contribution in [3.8, 4) is 21.7 Å². The topological polar surface area (TPSA) is 70.1 Å². The first-order valence-corrected chi connectivity index (χ1v) is 10.1. The molecular formula is C22H21FN4OS. The smallest absolute Gasteiger partial charge is 0.125 e. The molecule has 0 fully saturated rings. The van der Waals surface area contributed by atoms with E-state index in [0.29, 0.717) is 0 Å². The van der Waals surface area contributed by atoms with Crippen LogP contribution >= 0.6 is 11.3 Å². The van der Waals surface area contributed by atoms with Crippen LogP contribution in [0.5, 0.6) is 0 Å². The van der Waals surface area contributed by atoms with Gasteiger partial charge in [-0.05, 0) is 35.9 Å². The van der Waals surface area contributed by atoms with Crippen LogP contribution in [0.4, 0.5) is 15.9 Å². The highest BCUT2D eigenvalue weighted by molar-refractivity contribution is 7.21. The number of nitrogens with one attached hydrogen (secondary N) is 2. The van der Waals surface area contributed by atoms with E-state index >= 15 is 0 Å². The number of pyridine rings is 1. The van der Waals surface area contributed by atoms with E-state index in [9.17, 15) is 9.50 Å². The average molecular weight is 409 g/mol. The Hall–Kier alpha value is -3.03. The van der Waals surface area contributed by atoms with Crippen molar-refractivity contribution in [1.29, 1.82) is 0 Å². The number of benzene rings is 2. The number of halogens is 1. The molecule has 0 spiro atoms. The van der Waals surface area contributed by atoms with Gasteiger partial charge in [-0.1, -0.05) is 24.3 Å². The van der Waals surface area contributed by atoms with Gasteiger partial charge >= 0.3 is 0 Å². The van der Waals surface area contributed by atoms with Crippen LogP contribution in [0, 0.1) is 0 Å². The Morgan fingerprint density at radius 2 is 1.79 bits per heavy atom. The highest BCUT2D eigenvalue weighted by atomic mass is 32.1. The Morgan fingerprint density at radius 3 is 2.48 bits per heavy atom. The van der Waals surface area contributed by atoms with Crippen molar-refractivity contribution in [2.75, 3.05) is 30.9 Å². The van der Waals surface area contributed by atoms with Crippen LogP contribution in [0.25, 0.3) is 31.9 Å². The minimum absolute atomic E-state index is 0.180. The monoisotopic (exact) mass is 408 g/mol. The second-order valence-corrected chi connectivity index (χ2v) is 7.68. The first-order valence-electron chi connectivity index (χ1n) is 9.29. The van der Waals surface area contributed by atoms with Crippen molar-refractivity contribution in [1.82, 2.24) is 9.97 Å².